The van der Waals surface area contributed by atoms with E-state index in [0.717, 1.165) is 30.9 Å². The lowest BCUT2D eigenvalue weighted by atomic mass is 10.0. The van der Waals surface area contributed by atoms with E-state index in [1.54, 1.807) is 0 Å². The van der Waals surface area contributed by atoms with Crippen LogP contribution in [0.5, 0.6) is 0 Å². The van der Waals surface area contributed by atoms with E-state index in [1.165, 1.54) is 0 Å². The van der Waals surface area contributed by atoms with Crippen molar-refractivity contribution in [2.45, 2.75) is 18.9 Å². The first-order valence-corrected chi connectivity index (χ1v) is 9.14. The summed E-state index contributed by atoms with van der Waals surface area (Å²) in [5.41, 5.74) is 2.74. The molecule has 4 rings (SSSR count). The van der Waals surface area contributed by atoms with Gasteiger partial charge in [-0.3, -0.25) is 9.80 Å². The van der Waals surface area contributed by atoms with Crippen molar-refractivity contribution in [2.75, 3.05) is 24.8 Å². The van der Waals surface area contributed by atoms with Crippen molar-refractivity contribution >= 4 is 17.3 Å². The van der Waals surface area contributed by atoms with Crippen LogP contribution < -0.4 is 10.3 Å². The zero-order valence-electron chi connectivity index (χ0n) is 14.7. The highest BCUT2D eigenvalue weighted by atomic mass is 16.5. The highest BCUT2D eigenvalue weighted by molar-refractivity contribution is 6.39. The van der Waals surface area contributed by atoms with Gasteiger partial charge < -0.3 is 10.1 Å². The highest BCUT2D eigenvalue weighted by Crippen LogP contribution is 2.34. The number of nitrogens with one attached hydrogen (secondary N) is 1. The SMILES string of the molecule is O=C(NC[C@@H]1CCOC1)C1=NN(c2ccccc2)[C@@H](c2ccccc2)C1. The van der Waals surface area contributed by atoms with Crippen LogP contribution in [0.1, 0.15) is 24.4 Å². The normalized spacial score (nSPS) is 22.3. The molecule has 2 aromatic carbocycles. The molecule has 2 aromatic rings. The minimum Gasteiger partial charge on any atom is -0.381 e. The van der Waals surface area contributed by atoms with Crippen LogP contribution >= 0.6 is 0 Å². The molecule has 0 spiro atoms. The molecule has 134 valence electrons. The number of hydrogen-bond acceptors (Lipinski definition) is 4. The first-order valence-electron chi connectivity index (χ1n) is 9.14. The summed E-state index contributed by atoms with van der Waals surface area (Å²) in [5.74, 6) is 0.340. The van der Waals surface area contributed by atoms with Gasteiger partial charge in [0.15, 0.2) is 0 Å². The topological polar surface area (TPSA) is 53.9 Å². The van der Waals surface area contributed by atoms with Gasteiger partial charge in [-0.1, -0.05) is 48.5 Å². The maximum absolute atomic E-state index is 12.6. The smallest absolute Gasteiger partial charge is 0.267 e. The number of carbonyl (C=O) groups excluding carboxylic acids is 1. The number of para-hydroxylation sites is 1. The Hall–Kier alpha value is -2.66. The molecular weight excluding hydrogens is 326 g/mol. The number of anilines is 1. The summed E-state index contributed by atoms with van der Waals surface area (Å²) < 4.78 is 5.37. The van der Waals surface area contributed by atoms with Crippen LogP contribution in [0.3, 0.4) is 0 Å². The largest absolute Gasteiger partial charge is 0.381 e. The van der Waals surface area contributed by atoms with Crippen molar-refractivity contribution in [3.63, 3.8) is 0 Å². The van der Waals surface area contributed by atoms with E-state index in [0.29, 0.717) is 24.6 Å². The van der Waals surface area contributed by atoms with Gasteiger partial charge in [0.1, 0.15) is 5.71 Å². The fourth-order valence-electron chi connectivity index (χ4n) is 3.48. The Morgan fingerprint density at radius 2 is 1.85 bits per heavy atom. The first kappa shape index (κ1) is 16.8. The average molecular weight is 349 g/mol. The molecule has 0 bridgehead atoms. The molecule has 26 heavy (non-hydrogen) atoms. The summed E-state index contributed by atoms with van der Waals surface area (Å²) in [4.78, 5) is 12.6. The molecule has 2 aliphatic rings. The van der Waals surface area contributed by atoms with Crippen molar-refractivity contribution in [1.29, 1.82) is 0 Å². The second-order valence-corrected chi connectivity index (χ2v) is 6.80. The van der Waals surface area contributed by atoms with E-state index in [1.807, 2.05) is 53.5 Å². The summed E-state index contributed by atoms with van der Waals surface area (Å²) in [7, 11) is 0. The number of hydrazone groups is 1. The monoisotopic (exact) mass is 349 g/mol. The van der Waals surface area contributed by atoms with Crippen LogP contribution in [0.2, 0.25) is 0 Å². The lowest BCUT2D eigenvalue weighted by Crippen LogP contribution is -2.34. The second-order valence-electron chi connectivity index (χ2n) is 6.80. The molecule has 1 fully saturated rings. The van der Waals surface area contributed by atoms with Gasteiger partial charge in [-0.15, -0.1) is 0 Å². The second kappa shape index (κ2) is 7.70. The van der Waals surface area contributed by atoms with Crippen molar-refractivity contribution in [1.82, 2.24) is 5.32 Å². The summed E-state index contributed by atoms with van der Waals surface area (Å²) in [6.45, 7) is 2.17. The molecule has 0 radical (unpaired) electrons. The van der Waals surface area contributed by atoms with E-state index in [4.69, 9.17) is 4.74 Å². The zero-order chi connectivity index (χ0) is 17.8. The predicted molar refractivity (Wildman–Crippen MR) is 102 cm³/mol. The Morgan fingerprint density at radius 3 is 2.54 bits per heavy atom. The molecule has 1 N–H and O–H groups in total. The van der Waals surface area contributed by atoms with Crippen molar-refractivity contribution in [3.05, 3.63) is 66.2 Å². The van der Waals surface area contributed by atoms with Crippen LogP contribution in [-0.4, -0.2) is 31.4 Å². The fourth-order valence-corrected chi connectivity index (χ4v) is 3.48. The number of hydrogen-bond donors (Lipinski definition) is 1. The Balaban J connectivity index is 1.52. The lowest BCUT2D eigenvalue weighted by Gasteiger charge is -2.23. The molecule has 5 heteroatoms. The number of rotatable bonds is 5. The average Bonchev–Trinajstić information content (AvgIpc) is 3.37. The van der Waals surface area contributed by atoms with E-state index >= 15 is 0 Å². The Morgan fingerprint density at radius 1 is 1.12 bits per heavy atom. The predicted octanol–water partition coefficient (Wildman–Crippen LogP) is 3.15. The molecule has 2 heterocycles. The van der Waals surface area contributed by atoms with Gasteiger partial charge in [-0.05, 0) is 24.1 Å². The van der Waals surface area contributed by atoms with Gasteiger partial charge >= 0.3 is 0 Å². The third-order valence-corrected chi connectivity index (χ3v) is 4.95. The maximum Gasteiger partial charge on any atom is 0.267 e. The molecule has 0 saturated carbocycles. The molecule has 2 aliphatic heterocycles. The molecule has 1 amide bonds. The number of benzene rings is 2. The number of nitrogens with zero attached hydrogens (tertiary/aromatic N) is 2. The van der Waals surface area contributed by atoms with E-state index in [9.17, 15) is 4.79 Å². The van der Waals surface area contributed by atoms with Crippen molar-refractivity contribution < 1.29 is 9.53 Å². The van der Waals surface area contributed by atoms with Crippen LogP contribution in [0, 0.1) is 5.92 Å². The third-order valence-electron chi connectivity index (χ3n) is 4.95. The Bertz CT molecular complexity index is 770. The van der Waals surface area contributed by atoms with Gasteiger partial charge in [0.25, 0.3) is 5.91 Å². The van der Waals surface area contributed by atoms with Crippen LogP contribution in [0.15, 0.2) is 65.8 Å². The van der Waals surface area contributed by atoms with Gasteiger partial charge in [0.2, 0.25) is 0 Å². The highest BCUT2D eigenvalue weighted by Gasteiger charge is 2.32. The van der Waals surface area contributed by atoms with Crippen LogP contribution in [0.25, 0.3) is 0 Å². The van der Waals surface area contributed by atoms with Gasteiger partial charge in [-0.2, -0.15) is 5.10 Å². The van der Waals surface area contributed by atoms with Gasteiger partial charge in [0, 0.05) is 25.5 Å². The van der Waals surface area contributed by atoms with Crippen molar-refractivity contribution in [2.24, 2.45) is 11.0 Å². The van der Waals surface area contributed by atoms with Crippen molar-refractivity contribution in [3.8, 4) is 0 Å². The summed E-state index contributed by atoms with van der Waals surface area (Å²) in [5, 5.41) is 9.66. The molecule has 0 unspecified atom stereocenters. The quantitative estimate of drug-likeness (QED) is 0.902. The van der Waals surface area contributed by atoms with E-state index < -0.39 is 0 Å². The van der Waals surface area contributed by atoms with Gasteiger partial charge in [-0.25, -0.2) is 0 Å². The fraction of sp³-hybridized carbons (Fsp3) is 0.333. The minimum atomic E-state index is -0.0729. The molecular formula is C21H23N3O2. The zero-order valence-corrected chi connectivity index (χ0v) is 14.7. The number of amides is 1. The molecule has 0 aromatic heterocycles. The molecule has 1 saturated heterocycles. The summed E-state index contributed by atoms with van der Waals surface area (Å²) in [6.07, 6.45) is 1.61. The van der Waals surface area contributed by atoms with Crippen LogP contribution in [0.4, 0.5) is 5.69 Å². The summed E-state index contributed by atoms with van der Waals surface area (Å²) >= 11 is 0. The Kier molecular flexibility index (Phi) is 4.97. The Labute approximate surface area is 153 Å². The minimum absolute atomic E-state index is 0.0363. The standard InChI is InChI=1S/C21H23N3O2/c25-21(22-14-16-11-12-26-15-16)19-13-20(17-7-3-1-4-8-17)24(23-19)18-9-5-2-6-10-18/h1-10,16,20H,11-15H2,(H,22,25)/t16-,20+/m0/s1. The molecule has 2 atom stereocenters. The summed E-state index contributed by atoms with van der Waals surface area (Å²) in [6, 6.07) is 20.3. The number of carbonyl (C=O) groups is 1. The number of ether oxygens (including phenoxy) is 1. The first-order chi connectivity index (χ1) is 12.8. The molecule has 5 nitrogen and oxygen atoms in total. The van der Waals surface area contributed by atoms with E-state index in [2.05, 4.69) is 22.6 Å². The molecule has 0 aliphatic carbocycles. The third kappa shape index (κ3) is 3.63. The van der Waals surface area contributed by atoms with E-state index in [-0.39, 0.29) is 11.9 Å². The maximum atomic E-state index is 12.6. The lowest BCUT2D eigenvalue weighted by molar-refractivity contribution is -0.115. The van der Waals surface area contributed by atoms with Crippen LogP contribution in [-0.2, 0) is 9.53 Å². The van der Waals surface area contributed by atoms with Gasteiger partial charge in [0.05, 0.1) is 18.3 Å².